The maximum absolute atomic E-state index is 15.0. The highest BCUT2D eigenvalue weighted by Crippen LogP contribution is 2.37. The van der Waals surface area contributed by atoms with Crippen molar-refractivity contribution in [1.82, 2.24) is 15.0 Å². The van der Waals surface area contributed by atoms with Crippen LogP contribution in [-0.2, 0) is 18.5 Å². The first kappa shape index (κ1) is 23.1. The Labute approximate surface area is 190 Å². The Morgan fingerprint density at radius 1 is 0.912 bits per heavy atom. The van der Waals surface area contributed by atoms with Gasteiger partial charge >= 0.3 is 12.1 Å². The van der Waals surface area contributed by atoms with E-state index < -0.39 is 29.9 Å². The molecule has 6 nitrogen and oxygen atoms in total. The third-order valence-electron chi connectivity index (χ3n) is 4.89. The molecule has 2 N–H and O–H groups in total. The molecular formula is C23H17F5N4O2. The molecule has 34 heavy (non-hydrogen) atoms. The lowest BCUT2D eigenvalue weighted by Gasteiger charge is -2.17. The number of nitrogens with zero attached hydrogens (tertiary/aromatic N) is 3. The fraction of sp³-hybridized carbons (Fsp3) is 0.174. The zero-order chi connectivity index (χ0) is 24.5. The summed E-state index contributed by atoms with van der Waals surface area (Å²) in [5, 5.41) is 0.466. The number of anilines is 1. The summed E-state index contributed by atoms with van der Waals surface area (Å²) in [4.78, 5) is 11.5. The van der Waals surface area contributed by atoms with Crippen molar-refractivity contribution in [3.8, 4) is 17.4 Å². The number of benzene rings is 2. The minimum Gasteiger partial charge on any atom is -0.493 e. The average Bonchev–Trinajstić information content (AvgIpc) is 2.79. The van der Waals surface area contributed by atoms with Gasteiger partial charge in [0.1, 0.15) is 5.82 Å². The summed E-state index contributed by atoms with van der Waals surface area (Å²) in [5.41, 5.74) is 5.33. The lowest BCUT2D eigenvalue weighted by molar-refractivity contribution is -0.137. The number of pyridine rings is 1. The molecule has 4 aromatic rings. The minimum atomic E-state index is -4.57. The van der Waals surface area contributed by atoms with E-state index in [2.05, 4.69) is 15.0 Å². The van der Waals surface area contributed by atoms with E-state index in [1.165, 1.54) is 25.3 Å². The van der Waals surface area contributed by atoms with Gasteiger partial charge in [0.2, 0.25) is 11.7 Å². The van der Waals surface area contributed by atoms with Crippen molar-refractivity contribution in [3.63, 3.8) is 0 Å². The Morgan fingerprint density at radius 2 is 1.68 bits per heavy atom. The molecule has 2 aromatic heterocycles. The molecule has 176 valence electrons. The third-order valence-corrected chi connectivity index (χ3v) is 4.89. The first-order chi connectivity index (χ1) is 16.1. The highest BCUT2D eigenvalue weighted by atomic mass is 19.4. The van der Waals surface area contributed by atoms with Gasteiger partial charge in [-0.05, 0) is 35.9 Å². The molecule has 4 rings (SSSR count). The molecule has 0 saturated carbocycles. The van der Waals surface area contributed by atoms with Crippen molar-refractivity contribution in [2.24, 2.45) is 0 Å². The zero-order valence-electron chi connectivity index (χ0n) is 17.6. The number of nitrogens with two attached hydrogens (primary N) is 1. The van der Waals surface area contributed by atoms with Gasteiger partial charge in [-0.2, -0.15) is 22.0 Å². The quantitative estimate of drug-likeness (QED) is 0.356. The zero-order valence-corrected chi connectivity index (χ0v) is 17.6. The molecule has 11 heteroatoms. The molecule has 0 fully saturated rings. The minimum absolute atomic E-state index is 0.00703. The predicted molar refractivity (Wildman–Crippen MR) is 114 cm³/mol. The normalized spacial score (nSPS) is 12.1. The van der Waals surface area contributed by atoms with Gasteiger partial charge in [-0.3, -0.25) is 0 Å². The monoisotopic (exact) mass is 476 g/mol. The second-order valence-corrected chi connectivity index (χ2v) is 7.30. The third kappa shape index (κ3) is 4.82. The van der Waals surface area contributed by atoms with Crippen molar-refractivity contribution < 1.29 is 31.4 Å². The molecule has 2 heterocycles. The Bertz CT molecular complexity index is 1340. The summed E-state index contributed by atoms with van der Waals surface area (Å²) in [6, 6.07) is 12.0. The smallest absolute Gasteiger partial charge is 0.416 e. The van der Waals surface area contributed by atoms with Gasteiger partial charge in [-0.15, -0.1) is 0 Å². The second-order valence-electron chi connectivity index (χ2n) is 7.30. The molecule has 0 aliphatic carbocycles. The molecule has 2 aromatic carbocycles. The Hall–Kier alpha value is -4.02. The Kier molecular flexibility index (Phi) is 5.94. The first-order valence-corrected chi connectivity index (χ1v) is 9.85. The number of aromatic nitrogens is 3. The fourth-order valence-electron chi connectivity index (χ4n) is 3.26. The number of rotatable bonds is 6. The van der Waals surface area contributed by atoms with Crippen molar-refractivity contribution in [1.29, 1.82) is 0 Å². The summed E-state index contributed by atoms with van der Waals surface area (Å²) in [7, 11) is 1.27. The summed E-state index contributed by atoms with van der Waals surface area (Å²) < 4.78 is 79.4. The topological polar surface area (TPSA) is 83.2 Å². The number of ether oxygens (including phenoxy) is 2. The number of nitrogen functional groups attached to an aromatic ring is 1. The highest BCUT2D eigenvalue weighted by molar-refractivity contribution is 5.87. The van der Waals surface area contributed by atoms with Gasteiger partial charge in [-0.1, -0.05) is 18.2 Å². The van der Waals surface area contributed by atoms with Crippen LogP contribution < -0.4 is 15.2 Å². The highest BCUT2D eigenvalue weighted by Gasteiger charge is 2.36. The van der Waals surface area contributed by atoms with Crippen LogP contribution in [0.3, 0.4) is 0 Å². The van der Waals surface area contributed by atoms with E-state index in [4.69, 9.17) is 15.2 Å². The molecule has 0 amide bonds. The van der Waals surface area contributed by atoms with Crippen molar-refractivity contribution in [3.05, 3.63) is 77.7 Å². The van der Waals surface area contributed by atoms with Gasteiger partial charge in [0.25, 0.3) is 0 Å². The first-order valence-electron chi connectivity index (χ1n) is 9.85. The number of methoxy groups -OCH3 is 1. The van der Waals surface area contributed by atoms with Crippen LogP contribution in [-0.4, -0.2) is 22.1 Å². The number of halogens is 5. The largest absolute Gasteiger partial charge is 0.493 e. The Morgan fingerprint density at radius 3 is 2.41 bits per heavy atom. The molecule has 0 bridgehead atoms. The van der Waals surface area contributed by atoms with E-state index in [0.717, 1.165) is 18.3 Å². The van der Waals surface area contributed by atoms with E-state index in [-0.39, 0.29) is 28.8 Å². The van der Waals surface area contributed by atoms with Crippen LogP contribution in [0.4, 0.5) is 27.8 Å². The average molecular weight is 476 g/mol. The van der Waals surface area contributed by atoms with Crippen molar-refractivity contribution in [2.45, 2.75) is 18.5 Å². The molecule has 0 saturated heterocycles. The molecule has 0 unspecified atom stereocenters. The van der Waals surface area contributed by atoms with E-state index in [0.29, 0.717) is 10.9 Å². The molecule has 0 spiro atoms. The molecular weight excluding hydrogens is 459 g/mol. The number of para-hydroxylation sites is 1. The van der Waals surface area contributed by atoms with Crippen molar-refractivity contribution in [2.75, 3.05) is 12.8 Å². The van der Waals surface area contributed by atoms with E-state index in [9.17, 15) is 13.2 Å². The number of fused-ring (bicyclic) bond motifs is 1. The molecule has 0 radical (unpaired) electrons. The SMILES string of the molecule is COc1cc(CC(F)(F)c2nc(N)c3ccccc3n2)ccc1Oc1cc(C(F)(F)F)ccn1. The number of hydrogen-bond acceptors (Lipinski definition) is 6. The van der Waals surface area contributed by atoms with Crippen LogP contribution >= 0.6 is 0 Å². The van der Waals surface area contributed by atoms with Gasteiger partial charge in [0.05, 0.1) is 18.2 Å². The van der Waals surface area contributed by atoms with Crippen LogP contribution in [0.25, 0.3) is 10.9 Å². The van der Waals surface area contributed by atoms with Gasteiger partial charge in [0.15, 0.2) is 11.5 Å². The van der Waals surface area contributed by atoms with Gasteiger partial charge in [-0.25, -0.2) is 15.0 Å². The van der Waals surface area contributed by atoms with Crippen LogP contribution in [0.2, 0.25) is 0 Å². The Balaban J connectivity index is 1.59. The summed E-state index contributed by atoms with van der Waals surface area (Å²) in [6.45, 7) is 0. The maximum Gasteiger partial charge on any atom is 0.416 e. The second kappa shape index (κ2) is 8.73. The predicted octanol–water partition coefficient (Wildman–Crippen LogP) is 5.76. The molecule has 0 atom stereocenters. The van der Waals surface area contributed by atoms with Crippen LogP contribution in [0.15, 0.2) is 60.8 Å². The van der Waals surface area contributed by atoms with Crippen LogP contribution in [0.5, 0.6) is 17.4 Å². The van der Waals surface area contributed by atoms with E-state index in [1.807, 2.05) is 0 Å². The van der Waals surface area contributed by atoms with Crippen LogP contribution in [0, 0.1) is 0 Å². The lowest BCUT2D eigenvalue weighted by Crippen LogP contribution is -2.21. The van der Waals surface area contributed by atoms with E-state index >= 15 is 8.78 Å². The lowest BCUT2D eigenvalue weighted by atomic mass is 10.1. The van der Waals surface area contributed by atoms with Crippen LogP contribution in [0.1, 0.15) is 17.0 Å². The molecule has 0 aliphatic rings. The molecule has 0 aliphatic heterocycles. The van der Waals surface area contributed by atoms with E-state index in [1.54, 1.807) is 24.3 Å². The number of hydrogen-bond donors (Lipinski definition) is 1. The standard InChI is InChI=1S/C23H17F5N4O2/c1-33-18-10-13(6-7-17(18)34-19-11-14(8-9-30-19)23(26,27)28)12-22(24,25)21-31-16-5-3-2-4-15(16)20(29)32-21/h2-11H,12H2,1H3,(H2,29,31,32). The van der Waals surface area contributed by atoms with Gasteiger partial charge < -0.3 is 15.2 Å². The summed E-state index contributed by atoms with van der Waals surface area (Å²) in [5.74, 6) is -4.54. The van der Waals surface area contributed by atoms with Crippen molar-refractivity contribution >= 4 is 16.7 Å². The number of alkyl halides is 5. The fourth-order valence-corrected chi connectivity index (χ4v) is 3.26. The maximum atomic E-state index is 15.0. The summed E-state index contributed by atoms with van der Waals surface area (Å²) >= 11 is 0. The summed E-state index contributed by atoms with van der Waals surface area (Å²) in [6.07, 6.45) is -4.40. The van der Waals surface area contributed by atoms with Gasteiger partial charge in [0, 0.05) is 24.1 Å².